The van der Waals surface area contributed by atoms with Crippen molar-refractivity contribution in [2.45, 2.75) is 64.0 Å². The average molecular weight is 307 g/mol. The largest absolute Gasteiger partial charge is 0.306 e. The Kier molecular flexibility index (Phi) is 5.73. The Labute approximate surface area is 133 Å². The van der Waals surface area contributed by atoms with Crippen LogP contribution in [-0.4, -0.2) is 30.6 Å². The molecule has 1 saturated carbocycles. The Bertz CT molecular complexity index is 397. The number of hydrogen-bond acceptors (Lipinski definition) is 3. The minimum absolute atomic E-state index is 0.616. The van der Waals surface area contributed by atoms with Crippen LogP contribution in [0.5, 0.6) is 0 Å². The summed E-state index contributed by atoms with van der Waals surface area (Å²) in [6.07, 6.45) is 9.73. The van der Waals surface area contributed by atoms with E-state index in [0.29, 0.717) is 12.1 Å². The Balaban J connectivity index is 1.64. The molecule has 3 heteroatoms. The van der Waals surface area contributed by atoms with Crippen LogP contribution in [0.1, 0.15) is 62.8 Å². The Hall–Kier alpha value is -0.380. The van der Waals surface area contributed by atoms with Crippen molar-refractivity contribution in [1.29, 1.82) is 0 Å². The molecular weight excluding hydrogens is 276 g/mol. The van der Waals surface area contributed by atoms with Crippen molar-refractivity contribution < 1.29 is 0 Å². The lowest BCUT2D eigenvalue weighted by Crippen LogP contribution is -2.36. The summed E-state index contributed by atoms with van der Waals surface area (Å²) in [6, 6.07) is 5.89. The first-order valence-electron chi connectivity index (χ1n) is 8.88. The van der Waals surface area contributed by atoms with E-state index in [1.807, 2.05) is 11.3 Å². The minimum Gasteiger partial charge on any atom is -0.306 e. The van der Waals surface area contributed by atoms with Gasteiger partial charge in [-0.05, 0) is 69.1 Å². The van der Waals surface area contributed by atoms with Gasteiger partial charge in [0.25, 0.3) is 0 Å². The summed E-state index contributed by atoms with van der Waals surface area (Å²) in [5.74, 6) is 0.870. The van der Waals surface area contributed by atoms with Gasteiger partial charge in [-0.3, -0.25) is 0 Å². The first kappa shape index (κ1) is 15.5. The monoisotopic (exact) mass is 306 g/mol. The van der Waals surface area contributed by atoms with Gasteiger partial charge in [-0.1, -0.05) is 25.8 Å². The predicted octanol–water partition coefficient (Wildman–Crippen LogP) is 4.44. The number of nitrogens with one attached hydrogen (secondary N) is 1. The molecule has 1 N–H and O–H groups in total. The average Bonchev–Trinajstić information content (AvgIpc) is 3.16. The molecule has 1 aliphatic carbocycles. The molecule has 0 amide bonds. The van der Waals surface area contributed by atoms with E-state index in [4.69, 9.17) is 0 Å². The van der Waals surface area contributed by atoms with Crippen LogP contribution in [0.25, 0.3) is 0 Å². The molecule has 0 aromatic carbocycles. The highest BCUT2D eigenvalue weighted by atomic mass is 32.1. The summed E-state index contributed by atoms with van der Waals surface area (Å²) in [6.45, 7) is 6.07. The second kappa shape index (κ2) is 7.75. The summed E-state index contributed by atoms with van der Waals surface area (Å²) in [4.78, 5) is 4.18. The second-order valence-corrected chi connectivity index (χ2v) is 7.75. The molecule has 2 aliphatic rings. The van der Waals surface area contributed by atoms with Crippen LogP contribution in [-0.2, 0) is 0 Å². The highest BCUT2D eigenvalue weighted by Crippen LogP contribution is 2.38. The highest BCUT2D eigenvalue weighted by molar-refractivity contribution is 7.10. The maximum atomic E-state index is 4.07. The van der Waals surface area contributed by atoms with Crippen LogP contribution in [0.15, 0.2) is 17.5 Å². The third-order valence-corrected chi connectivity index (χ3v) is 6.36. The number of thiophene rings is 1. The van der Waals surface area contributed by atoms with Crippen LogP contribution in [0.4, 0.5) is 0 Å². The fourth-order valence-corrected chi connectivity index (χ4v) is 4.98. The third kappa shape index (κ3) is 4.08. The van der Waals surface area contributed by atoms with Gasteiger partial charge < -0.3 is 10.2 Å². The molecule has 2 heterocycles. The van der Waals surface area contributed by atoms with E-state index in [0.717, 1.165) is 5.92 Å². The fraction of sp³-hybridized carbons (Fsp3) is 0.778. The lowest BCUT2D eigenvalue weighted by atomic mass is 9.95. The molecular formula is C18H30N2S. The Morgan fingerprint density at radius 3 is 2.76 bits per heavy atom. The van der Waals surface area contributed by atoms with Crippen molar-refractivity contribution in [2.24, 2.45) is 5.92 Å². The quantitative estimate of drug-likeness (QED) is 0.865. The normalized spacial score (nSPS) is 26.8. The summed E-state index contributed by atoms with van der Waals surface area (Å²) in [5, 5.41) is 6.31. The topological polar surface area (TPSA) is 15.3 Å². The standard InChI is InChI=1S/C18H30N2S/c1-2-20-12-5-9-16(11-13-20)19-18(15-7-3-4-8-15)17-10-6-14-21-17/h6,10,14-16,18-19H,2-5,7-9,11-13H2,1H3. The molecule has 2 nitrogen and oxygen atoms in total. The van der Waals surface area contributed by atoms with Crippen LogP contribution in [0.3, 0.4) is 0 Å². The molecule has 1 aromatic rings. The van der Waals surface area contributed by atoms with Crippen molar-refractivity contribution in [2.75, 3.05) is 19.6 Å². The van der Waals surface area contributed by atoms with Gasteiger partial charge in [0.2, 0.25) is 0 Å². The zero-order chi connectivity index (χ0) is 14.5. The fourth-order valence-electron chi connectivity index (χ4n) is 4.10. The molecule has 0 spiro atoms. The lowest BCUT2D eigenvalue weighted by molar-refractivity contribution is 0.286. The van der Waals surface area contributed by atoms with E-state index in [1.54, 1.807) is 4.88 Å². The molecule has 1 saturated heterocycles. The molecule has 2 fully saturated rings. The van der Waals surface area contributed by atoms with Crippen molar-refractivity contribution in [3.63, 3.8) is 0 Å². The number of hydrogen-bond donors (Lipinski definition) is 1. The SMILES string of the molecule is CCN1CCCC(NC(c2cccs2)C2CCCC2)CC1. The number of nitrogens with zero attached hydrogens (tertiary/aromatic N) is 1. The van der Waals surface area contributed by atoms with Gasteiger partial charge in [-0.15, -0.1) is 11.3 Å². The highest BCUT2D eigenvalue weighted by Gasteiger charge is 2.29. The molecule has 0 bridgehead atoms. The number of likely N-dealkylation sites (tertiary alicyclic amines) is 1. The van der Waals surface area contributed by atoms with Gasteiger partial charge in [-0.2, -0.15) is 0 Å². The van der Waals surface area contributed by atoms with Gasteiger partial charge in [-0.25, -0.2) is 0 Å². The first-order chi connectivity index (χ1) is 10.4. The second-order valence-electron chi connectivity index (χ2n) is 6.77. The Morgan fingerprint density at radius 2 is 2.05 bits per heavy atom. The maximum Gasteiger partial charge on any atom is 0.0445 e. The molecule has 0 radical (unpaired) electrons. The van der Waals surface area contributed by atoms with Gasteiger partial charge in [0.05, 0.1) is 0 Å². The van der Waals surface area contributed by atoms with Crippen molar-refractivity contribution >= 4 is 11.3 Å². The molecule has 2 unspecified atom stereocenters. The Morgan fingerprint density at radius 1 is 1.19 bits per heavy atom. The zero-order valence-electron chi connectivity index (χ0n) is 13.4. The summed E-state index contributed by atoms with van der Waals surface area (Å²) >= 11 is 1.94. The summed E-state index contributed by atoms with van der Waals surface area (Å²) in [5.41, 5.74) is 0. The molecule has 118 valence electrons. The molecule has 3 rings (SSSR count). The summed E-state index contributed by atoms with van der Waals surface area (Å²) in [7, 11) is 0. The molecule has 21 heavy (non-hydrogen) atoms. The maximum absolute atomic E-state index is 4.07. The van der Waals surface area contributed by atoms with E-state index in [2.05, 4.69) is 34.7 Å². The van der Waals surface area contributed by atoms with Crippen molar-refractivity contribution in [3.8, 4) is 0 Å². The van der Waals surface area contributed by atoms with Crippen LogP contribution in [0, 0.1) is 5.92 Å². The van der Waals surface area contributed by atoms with Gasteiger partial charge in [0.1, 0.15) is 0 Å². The van der Waals surface area contributed by atoms with E-state index in [-0.39, 0.29) is 0 Å². The van der Waals surface area contributed by atoms with E-state index in [9.17, 15) is 0 Å². The van der Waals surface area contributed by atoms with Crippen LogP contribution >= 0.6 is 11.3 Å². The predicted molar refractivity (Wildman–Crippen MR) is 91.9 cm³/mol. The smallest absolute Gasteiger partial charge is 0.0445 e. The van der Waals surface area contributed by atoms with Gasteiger partial charge in [0.15, 0.2) is 0 Å². The lowest BCUT2D eigenvalue weighted by Gasteiger charge is -2.29. The minimum atomic E-state index is 0.616. The van der Waals surface area contributed by atoms with Crippen molar-refractivity contribution in [3.05, 3.63) is 22.4 Å². The summed E-state index contributed by atoms with van der Waals surface area (Å²) < 4.78 is 0. The molecule has 1 aromatic heterocycles. The third-order valence-electron chi connectivity index (χ3n) is 5.40. The van der Waals surface area contributed by atoms with E-state index < -0.39 is 0 Å². The zero-order valence-corrected chi connectivity index (χ0v) is 14.2. The molecule has 2 atom stereocenters. The first-order valence-corrected chi connectivity index (χ1v) is 9.76. The number of rotatable bonds is 5. The molecule has 1 aliphatic heterocycles. The van der Waals surface area contributed by atoms with Crippen LogP contribution in [0.2, 0.25) is 0 Å². The van der Waals surface area contributed by atoms with E-state index >= 15 is 0 Å². The van der Waals surface area contributed by atoms with Crippen LogP contribution < -0.4 is 5.32 Å². The van der Waals surface area contributed by atoms with Gasteiger partial charge >= 0.3 is 0 Å². The van der Waals surface area contributed by atoms with Crippen molar-refractivity contribution in [1.82, 2.24) is 10.2 Å². The van der Waals surface area contributed by atoms with Gasteiger partial charge in [0, 0.05) is 17.0 Å². The van der Waals surface area contributed by atoms with E-state index in [1.165, 1.54) is 64.6 Å².